The monoisotopic (exact) mass is 413 g/mol. The Balaban J connectivity index is 2.29. The van der Waals surface area contributed by atoms with Crippen LogP contribution in [0.15, 0.2) is 42.5 Å². The molecule has 0 aliphatic heterocycles. The Bertz CT molecular complexity index is 969. The van der Waals surface area contributed by atoms with Gasteiger partial charge in [-0.25, -0.2) is 4.79 Å². The highest BCUT2D eigenvalue weighted by molar-refractivity contribution is 5.99. The Kier molecular flexibility index (Phi) is 7.24. The van der Waals surface area contributed by atoms with Gasteiger partial charge in [0.1, 0.15) is 0 Å². The van der Waals surface area contributed by atoms with Crippen LogP contribution in [-0.2, 0) is 11.3 Å². The Morgan fingerprint density at radius 2 is 1.57 bits per heavy atom. The lowest BCUT2D eigenvalue weighted by Crippen LogP contribution is -2.30. The number of esters is 1. The number of non-ortho nitro benzene ring substituents is 1. The minimum absolute atomic E-state index is 0.0193. The first-order valence-electron chi connectivity index (χ1n) is 9.15. The Morgan fingerprint density at radius 1 is 0.967 bits per heavy atom. The molecule has 0 atom stereocenters. The van der Waals surface area contributed by atoms with E-state index in [0.29, 0.717) is 12.1 Å². The molecule has 0 aromatic heterocycles. The summed E-state index contributed by atoms with van der Waals surface area (Å²) in [7, 11) is 4.48. The van der Waals surface area contributed by atoms with E-state index in [0.717, 1.165) is 24.8 Å². The van der Waals surface area contributed by atoms with Crippen LogP contribution in [0.25, 0.3) is 0 Å². The van der Waals surface area contributed by atoms with E-state index >= 15 is 0 Å². The predicted octanol–water partition coefficient (Wildman–Crippen LogP) is 2.75. The van der Waals surface area contributed by atoms with Crippen molar-refractivity contribution in [3.63, 3.8) is 0 Å². The number of carbonyl (C=O) groups is 3. The van der Waals surface area contributed by atoms with Gasteiger partial charge in [-0.2, -0.15) is 0 Å². The van der Waals surface area contributed by atoms with Crippen molar-refractivity contribution in [2.24, 2.45) is 0 Å². The van der Waals surface area contributed by atoms with Crippen molar-refractivity contribution < 1.29 is 24.0 Å². The zero-order valence-corrected chi connectivity index (χ0v) is 17.2. The van der Waals surface area contributed by atoms with Gasteiger partial charge in [0.05, 0.1) is 17.6 Å². The molecule has 0 aliphatic carbocycles. The van der Waals surface area contributed by atoms with Gasteiger partial charge in [0.2, 0.25) is 0 Å². The molecule has 2 rings (SSSR count). The van der Waals surface area contributed by atoms with Crippen LogP contribution >= 0.6 is 0 Å². The summed E-state index contributed by atoms with van der Waals surface area (Å²) in [5.74, 6) is -1.35. The third-order valence-corrected chi connectivity index (χ3v) is 4.45. The first-order chi connectivity index (χ1) is 14.2. The molecule has 0 radical (unpaired) electrons. The molecular weight excluding hydrogens is 390 g/mol. The van der Waals surface area contributed by atoms with Gasteiger partial charge in [0.15, 0.2) is 0 Å². The van der Waals surface area contributed by atoms with Gasteiger partial charge in [-0.05, 0) is 30.7 Å². The summed E-state index contributed by atoms with van der Waals surface area (Å²) in [4.78, 5) is 50.3. The molecule has 0 N–H and O–H groups in total. The average molecular weight is 413 g/mol. The van der Waals surface area contributed by atoms with E-state index in [1.54, 1.807) is 45.3 Å². The predicted molar refractivity (Wildman–Crippen MR) is 109 cm³/mol. The fraction of sp³-hybridized carbons (Fsp3) is 0.286. The zero-order chi connectivity index (χ0) is 22.4. The van der Waals surface area contributed by atoms with E-state index in [2.05, 4.69) is 4.74 Å². The van der Waals surface area contributed by atoms with Crippen LogP contribution in [0.2, 0.25) is 0 Å². The molecule has 2 aromatic carbocycles. The van der Waals surface area contributed by atoms with Crippen LogP contribution < -0.4 is 0 Å². The molecular formula is C21H23N3O6. The lowest BCUT2D eigenvalue weighted by molar-refractivity contribution is -0.384. The molecule has 0 bridgehead atoms. The summed E-state index contributed by atoms with van der Waals surface area (Å²) in [6.45, 7) is 2.36. The fourth-order valence-corrected chi connectivity index (χ4v) is 2.82. The summed E-state index contributed by atoms with van der Waals surface area (Å²) < 4.78 is 4.62. The standard InChI is InChI=1S/C21H23N3O6/c1-5-23(13-14-6-8-15(9-7-14)19(25)22(2)3)20(26)16-10-17(21(27)30-4)12-18(11-16)24(28)29/h6-12H,5,13H2,1-4H3. The minimum atomic E-state index is -0.767. The van der Waals surface area contributed by atoms with Gasteiger partial charge >= 0.3 is 5.97 Å². The number of hydrogen-bond donors (Lipinski definition) is 0. The lowest BCUT2D eigenvalue weighted by Gasteiger charge is -2.21. The van der Waals surface area contributed by atoms with Gasteiger partial charge in [-0.1, -0.05) is 12.1 Å². The molecule has 0 heterocycles. The number of ether oxygens (including phenoxy) is 1. The van der Waals surface area contributed by atoms with Crippen molar-refractivity contribution in [2.45, 2.75) is 13.5 Å². The molecule has 9 nitrogen and oxygen atoms in total. The molecule has 0 saturated carbocycles. The van der Waals surface area contributed by atoms with Crippen LogP contribution in [0.5, 0.6) is 0 Å². The second-order valence-electron chi connectivity index (χ2n) is 6.73. The molecule has 2 aromatic rings. The van der Waals surface area contributed by atoms with E-state index < -0.39 is 16.8 Å². The Hall–Kier alpha value is -3.75. The second kappa shape index (κ2) is 9.64. The summed E-state index contributed by atoms with van der Waals surface area (Å²) in [5.41, 5.74) is 0.894. The van der Waals surface area contributed by atoms with E-state index in [9.17, 15) is 24.5 Å². The highest BCUT2D eigenvalue weighted by Crippen LogP contribution is 2.20. The number of nitro benzene ring substituents is 1. The lowest BCUT2D eigenvalue weighted by atomic mass is 10.1. The van der Waals surface area contributed by atoms with Gasteiger partial charge < -0.3 is 14.5 Å². The van der Waals surface area contributed by atoms with Gasteiger partial charge in [0.25, 0.3) is 17.5 Å². The molecule has 9 heteroatoms. The number of benzene rings is 2. The summed E-state index contributed by atoms with van der Waals surface area (Å²) in [5, 5.41) is 11.2. The molecule has 0 unspecified atom stereocenters. The minimum Gasteiger partial charge on any atom is -0.465 e. The number of methoxy groups -OCH3 is 1. The molecule has 0 saturated heterocycles. The van der Waals surface area contributed by atoms with Crippen molar-refractivity contribution >= 4 is 23.5 Å². The largest absolute Gasteiger partial charge is 0.465 e. The average Bonchev–Trinajstić information content (AvgIpc) is 2.75. The van der Waals surface area contributed by atoms with Crippen LogP contribution in [-0.4, -0.2) is 60.3 Å². The highest BCUT2D eigenvalue weighted by atomic mass is 16.6. The molecule has 30 heavy (non-hydrogen) atoms. The maximum Gasteiger partial charge on any atom is 0.338 e. The fourth-order valence-electron chi connectivity index (χ4n) is 2.82. The third kappa shape index (κ3) is 5.19. The van der Waals surface area contributed by atoms with Crippen molar-refractivity contribution in [3.05, 3.63) is 74.8 Å². The van der Waals surface area contributed by atoms with Crippen molar-refractivity contribution in [1.82, 2.24) is 9.80 Å². The molecule has 0 fully saturated rings. The second-order valence-corrected chi connectivity index (χ2v) is 6.73. The normalized spacial score (nSPS) is 10.3. The summed E-state index contributed by atoms with van der Waals surface area (Å²) in [6, 6.07) is 10.3. The molecule has 0 aliphatic rings. The smallest absolute Gasteiger partial charge is 0.338 e. The van der Waals surface area contributed by atoms with Crippen LogP contribution in [0, 0.1) is 10.1 Å². The van der Waals surface area contributed by atoms with E-state index in [-0.39, 0.29) is 29.3 Å². The van der Waals surface area contributed by atoms with E-state index in [1.807, 2.05) is 0 Å². The number of hydrogen-bond acceptors (Lipinski definition) is 6. The topological polar surface area (TPSA) is 110 Å². The van der Waals surface area contributed by atoms with E-state index in [4.69, 9.17) is 0 Å². The van der Waals surface area contributed by atoms with Crippen LogP contribution in [0.3, 0.4) is 0 Å². The van der Waals surface area contributed by atoms with Crippen LogP contribution in [0.4, 0.5) is 5.69 Å². The molecule has 2 amide bonds. The Morgan fingerprint density at radius 3 is 2.07 bits per heavy atom. The van der Waals surface area contributed by atoms with Gasteiger partial charge in [-0.15, -0.1) is 0 Å². The van der Waals surface area contributed by atoms with Gasteiger partial charge in [-0.3, -0.25) is 19.7 Å². The molecule has 0 spiro atoms. The number of nitro groups is 1. The first kappa shape index (κ1) is 22.5. The first-order valence-corrected chi connectivity index (χ1v) is 9.15. The van der Waals surface area contributed by atoms with Crippen molar-refractivity contribution in [3.8, 4) is 0 Å². The number of amides is 2. The quantitative estimate of drug-likeness (QED) is 0.392. The summed E-state index contributed by atoms with van der Waals surface area (Å²) >= 11 is 0. The maximum absolute atomic E-state index is 13.0. The zero-order valence-electron chi connectivity index (χ0n) is 17.2. The third-order valence-electron chi connectivity index (χ3n) is 4.45. The maximum atomic E-state index is 13.0. The number of nitrogens with zero attached hydrogens (tertiary/aromatic N) is 3. The number of carbonyl (C=O) groups excluding carboxylic acids is 3. The van der Waals surface area contributed by atoms with E-state index in [1.165, 1.54) is 15.9 Å². The van der Waals surface area contributed by atoms with Crippen molar-refractivity contribution in [1.29, 1.82) is 0 Å². The number of rotatable bonds is 7. The summed E-state index contributed by atoms with van der Waals surface area (Å²) in [6.07, 6.45) is 0. The van der Waals surface area contributed by atoms with Crippen molar-refractivity contribution in [2.75, 3.05) is 27.7 Å². The van der Waals surface area contributed by atoms with Crippen LogP contribution in [0.1, 0.15) is 43.6 Å². The Labute approximate surface area is 174 Å². The highest BCUT2D eigenvalue weighted by Gasteiger charge is 2.21. The molecule has 158 valence electrons. The SMILES string of the molecule is CCN(Cc1ccc(C(=O)N(C)C)cc1)C(=O)c1cc(C(=O)OC)cc([N+](=O)[O-])c1. The van der Waals surface area contributed by atoms with Gasteiger partial charge in [0, 0.05) is 50.4 Å².